The highest BCUT2D eigenvalue weighted by molar-refractivity contribution is 14.1. The Bertz CT molecular complexity index is 1800. The number of carboxylic acid groups (broad SMARTS) is 1. The zero-order valence-electron chi connectivity index (χ0n) is 26.2. The number of carbonyl (C=O) groups excluding carboxylic acids is 2. The Balaban J connectivity index is 1.20. The Morgan fingerprint density at radius 1 is 1.17 bits per heavy atom. The van der Waals surface area contributed by atoms with Crippen molar-refractivity contribution in [2.24, 2.45) is 7.05 Å². The highest BCUT2D eigenvalue weighted by Gasteiger charge is 2.43. The first-order chi connectivity index (χ1) is 22.6. The molecule has 13 heteroatoms. The number of anilines is 1. The predicted molar refractivity (Wildman–Crippen MR) is 187 cm³/mol. The van der Waals surface area contributed by atoms with Crippen LogP contribution in [0.25, 0.3) is 10.9 Å². The molecule has 0 bridgehead atoms. The van der Waals surface area contributed by atoms with Gasteiger partial charge in [-0.2, -0.15) is 0 Å². The number of nitrogens with one attached hydrogen (secondary N) is 1. The quantitative estimate of drug-likeness (QED) is 0.143. The first kappa shape index (κ1) is 33.5. The van der Waals surface area contributed by atoms with E-state index in [1.165, 1.54) is 17.4 Å². The van der Waals surface area contributed by atoms with Gasteiger partial charge in [-0.3, -0.25) is 19.3 Å². The van der Waals surface area contributed by atoms with Crippen molar-refractivity contribution in [3.05, 3.63) is 81.2 Å². The molecule has 2 aliphatic heterocycles. The van der Waals surface area contributed by atoms with Crippen molar-refractivity contribution < 1.29 is 28.6 Å². The van der Waals surface area contributed by atoms with Gasteiger partial charge in [-0.05, 0) is 49.1 Å². The smallest absolute Gasteiger partial charge is 0.303 e. The second kappa shape index (κ2) is 14.4. The van der Waals surface area contributed by atoms with Gasteiger partial charge >= 0.3 is 5.97 Å². The first-order valence-corrected chi connectivity index (χ1v) is 18.0. The maximum Gasteiger partial charge on any atom is 0.303 e. The van der Waals surface area contributed by atoms with Gasteiger partial charge in [0, 0.05) is 77.6 Å². The van der Waals surface area contributed by atoms with Crippen molar-refractivity contribution in [2.75, 3.05) is 31.6 Å². The monoisotopic (exact) mass is 773 g/mol. The van der Waals surface area contributed by atoms with Crippen molar-refractivity contribution in [2.45, 2.75) is 55.2 Å². The molecule has 2 aliphatic rings. The fourth-order valence-corrected chi connectivity index (χ4v) is 8.20. The van der Waals surface area contributed by atoms with Gasteiger partial charge in [0.2, 0.25) is 5.91 Å². The Labute approximate surface area is 290 Å². The molecule has 47 heavy (non-hydrogen) atoms. The molecular weight excluding hydrogens is 736 g/mol. The Morgan fingerprint density at radius 3 is 2.70 bits per heavy atom. The van der Waals surface area contributed by atoms with Crippen LogP contribution in [0.15, 0.2) is 48.8 Å². The number of amides is 2. The van der Waals surface area contributed by atoms with Crippen LogP contribution in [0.3, 0.4) is 0 Å². The molecule has 2 aromatic carbocycles. The van der Waals surface area contributed by atoms with Crippen molar-refractivity contribution in [3.63, 3.8) is 0 Å². The summed E-state index contributed by atoms with van der Waals surface area (Å²) in [5, 5.41) is 13.6. The van der Waals surface area contributed by atoms with E-state index in [0.717, 1.165) is 39.4 Å². The van der Waals surface area contributed by atoms with Crippen molar-refractivity contribution in [1.82, 2.24) is 19.4 Å². The molecule has 6 rings (SSSR count). The number of rotatable bonds is 12. The highest BCUT2D eigenvalue weighted by atomic mass is 127. The third-order valence-electron chi connectivity index (χ3n) is 8.98. The molecule has 10 nitrogen and oxygen atoms in total. The van der Waals surface area contributed by atoms with E-state index in [9.17, 15) is 14.4 Å². The number of thiazole rings is 1. The highest BCUT2D eigenvalue weighted by Crippen LogP contribution is 2.39. The van der Waals surface area contributed by atoms with Crippen molar-refractivity contribution >= 4 is 68.3 Å². The van der Waals surface area contributed by atoms with E-state index < -0.39 is 11.8 Å². The molecule has 4 aromatic rings. The molecule has 0 unspecified atom stereocenters. The molecule has 0 spiro atoms. The lowest BCUT2D eigenvalue weighted by Crippen LogP contribution is -2.57. The van der Waals surface area contributed by atoms with Crippen molar-refractivity contribution in [3.8, 4) is 0 Å². The summed E-state index contributed by atoms with van der Waals surface area (Å²) in [4.78, 5) is 47.9. The lowest BCUT2D eigenvalue weighted by Gasteiger charge is -2.42. The maximum absolute atomic E-state index is 15.7. The number of nitrogens with zero attached hydrogens (tertiary/aromatic N) is 4. The fourth-order valence-electron chi connectivity index (χ4n) is 6.53. The number of hydrogen-bond donors (Lipinski definition) is 2. The number of hydrogen-bond acceptors (Lipinski definition) is 7. The number of aryl methyl sites for hydroxylation is 2. The average molecular weight is 774 g/mol. The second-order valence-corrected chi connectivity index (χ2v) is 14.0. The average Bonchev–Trinajstić information content (AvgIpc) is 3.76. The van der Waals surface area contributed by atoms with E-state index in [2.05, 4.69) is 37.8 Å². The van der Waals surface area contributed by atoms with Gasteiger partial charge in [-0.1, -0.05) is 40.8 Å². The van der Waals surface area contributed by atoms with Gasteiger partial charge in [-0.15, -0.1) is 11.3 Å². The molecule has 2 N–H and O–H groups in total. The van der Waals surface area contributed by atoms with Crippen LogP contribution in [-0.4, -0.2) is 80.6 Å². The summed E-state index contributed by atoms with van der Waals surface area (Å²) in [5.41, 5.74) is 2.80. The van der Waals surface area contributed by atoms with E-state index in [4.69, 9.17) is 9.84 Å². The molecule has 0 aliphatic carbocycles. The number of carbonyl (C=O) groups is 3. The minimum atomic E-state index is -0.869. The molecule has 4 heterocycles. The van der Waals surface area contributed by atoms with Crippen LogP contribution in [0, 0.1) is 5.82 Å². The Kier molecular flexibility index (Phi) is 10.2. The van der Waals surface area contributed by atoms with Gasteiger partial charge in [0.25, 0.3) is 5.91 Å². The van der Waals surface area contributed by atoms with E-state index in [0.29, 0.717) is 41.7 Å². The number of carboxylic acids is 1. The zero-order chi connectivity index (χ0) is 33.2. The summed E-state index contributed by atoms with van der Waals surface area (Å²) in [7, 11) is 1.88. The SMILES string of the molecule is CCOC1CN([C@H]2C[C@@H](c3ncc(CCC(=O)O)s3)N(C(=O)Cc3cc(CI)c(NC(=O)c4cn(C)c5ccccc45)cc3F)C2)C1. The largest absolute Gasteiger partial charge is 0.481 e. The number of likely N-dealkylation sites (tertiary alicyclic amines) is 2. The Morgan fingerprint density at radius 2 is 1.96 bits per heavy atom. The minimum absolute atomic E-state index is 0.0149. The molecule has 2 fully saturated rings. The third-order valence-corrected chi connectivity index (χ3v) is 11.0. The van der Waals surface area contributed by atoms with Gasteiger partial charge in [0.05, 0.1) is 30.6 Å². The van der Waals surface area contributed by atoms with Gasteiger partial charge in [0.15, 0.2) is 0 Å². The van der Waals surface area contributed by atoms with E-state index in [1.54, 1.807) is 23.4 Å². The number of aromatic nitrogens is 2. The number of halogens is 2. The van der Waals surface area contributed by atoms with Gasteiger partial charge in [0.1, 0.15) is 10.8 Å². The summed E-state index contributed by atoms with van der Waals surface area (Å²) < 4.78 is 23.8. The summed E-state index contributed by atoms with van der Waals surface area (Å²) in [5.74, 6) is -1.95. The number of aliphatic carboxylic acids is 1. The minimum Gasteiger partial charge on any atom is -0.481 e. The normalized spacial score (nSPS) is 18.5. The summed E-state index contributed by atoms with van der Waals surface area (Å²) in [6, 6.07) is 10.4. The van der Waals surface area contributed by atoms with Crippen LogP contribution in [0.1, 0.15) is 57.2 Å². The van der Waals surface area contributed by atoms with Crippen molar-refractivity contribution in [1.29, 1.82) is 0 Å². The number of ether oxygens (including phenoxy) is 1. The first-order valence-electron chi connectivity index (χ1n) is 15.7. The lowest BCUT2D eigenvalue weighted by molar-refractivity contribution is -0.137. The van der Waals surface area contributed by atoms with E-state index in [1.807, 2.05) is 42.8 Å². The number of alkyl halides is 1. The van der Waals surface area contributed by atoms with Crippen LogP contribution in [-0.2, 0) is 38.6 Å². The number of para-hydroxylation sites is 1. The summed E-state index contributed by atoms with van der Waals surface area (Å²) in [6.45, 7) is 4.73. The summed E-state index contributed by atoms with van der Waals surface area (Å²) >= 11 is 3.61. The standard InChI is InChI=1S/C34H37FIN5O5S/c1-3-46-23-17-40(18-23)22-12-30(34-37-15-24(47-34)8-9-32(43)44)41(16-22)31(42)11-20-10-21(14-36)28(13-27(20)35)38-33(45)26-19-39(2)29-7-5-4-6-25(26)29/h4-7,10,13,15,19,22-23,30H,3,8-9,11-12,14,16-18H2,1-2H3,(H,38,45)(H,43,44)/t22-,30-/m0/s1. The fraction of sp³-hybridized carbons (Fsp3) is 0.412. The molecule has 2 atom stereocenters. The maximum atomic E-state index is 15.7. The topological polar surface area (TPSA) is 117 Å². The molecule has 248 valence electrons. The number of fused-ring (bicyclic) bond motifs is 1. The molecular formula is C34H37FIN5O5S. The Hall–Kier alpha value is -3.40. The second-order valence-electron chi connectivity index (χ2n) is 12.1. The van der Waals surface area contributed by atoms with Crippen LogP contribution < -0.4 is 5.32 Å². The van der Waals surface area contributed by atoms with Crippen LogP contribution >= 0.6 is 33.9 Å². The molecule has 0 saturated carbocycles. The van der Waals surface area contributed by atoms with Crippen LogP contribution in [0.4, 0.5) is 10.1 Å². The predicted octanol–water partition coefficient (Wildman–Crippen LogP) is 5.58. The molecule has 2 amide bonds. The molecule has 2 aromatic heterocycles. The lowest BCUT2D eigenvalue weighted by atomic mass is 10.0. The molecule has 0 radical (unpaired) electrons. The van der Waals surface area contributed by atoms with Gasteiger partial charge in [-0.25, -0.2) is 9.37 Å². The third kappa shape index (κ3) is 7.22. The molecule has 2 saturated heterocycles. The van der Waals surface area contributed by atoms with E-state index >= 15 is 4.39 Å². The van der Waals surface area contributed by atoms with Crippen LogP contribution in [0.2, 0.25) is 0 Å². The zero-order valence-corrected chi connectivity index (χ0v) is 29.2. The van der Waals surface area contributed by atoms with Crippen LogP contribution in [0.5, 0.6) is 0 Å². The van der Waals surface area contributed by atoms with E-state index in [-0.39, 0.29) is 48.4 Å². The number of benzene rings is 2. The summed E-state index contributed by atoms with van der Waals surface area (Å²) in [6.07, 6.45) is 4.61. The van der Waals surface area contributed by atoms with Gasteiger partial charge < -0.3 is 24.6 Å².